The average molecular weight is 502 g/mol. The van der Waals surface area contributed by atoms with Gasteiger partial charge in [0.05, 0.1) is 18.1 Å². The highest BCUT2D eigenvalue weighted by atomic mass is 35.5. The zero-order valence-electron chi connectivity index (χ0n) is 22.0. The monoisotopic (exact) mass is 501 g/mol. The van der Waals surface area contributed by atoms with Crippen LogP contribution in [0.4, 0.5) is 0 Å². The number of halogens is 1. The summed E-state index contributed by atoms with van der Waals surface area (Å²) in [5, 5.41) is 3.53. The second-order valence-corrected chi connectivity index (χ2v) is 9.84. The first kappa shape index (κ1) is 29.2. The van der Waals surface area contributed by atoms with Crippen LogP contribution in [0.3, 0.4) is 0 Å². The predicted octanol–water partition coefficient (Wildman–Crippen LogP) is 7.59. The largest absolute Gasteiger partial charge is 0.492 e. The molecule has 0 unspecified atom stereocenters. The van der Waals surface area contributed by atoms with E-state index in [1.807, 2.05) is 42.7 Å². The van der Waals surface area contributed by atoms with Gasteiger partial charge in [-0.3, -0.25) is 4.79 Å². The van der Waals surface area contributed by atoms with Crippen LogP contribution >= 0.6 is 11.6 Å². The molecule has 0 aliphatic heterocycles. The summed E-state index contributed by atoms with van der Waals surface area (Å²) >= 11 is 6.55. The van der Waals surface area contributed by atoms with E-state index in [-0.39, 0.29) is 12.3 Å². The number of aryl methyl sites for hydroxylation is 1. The Morgan fingerprint density at radius 1 is 0.857 bits per heavy atom. The van der Waals surface area contributed by atoms with Crippen LogP contribution in [-0.2, 0) is 24.3 Å². The number of benzene rings is 1. The Bertz CT molecular complexity index is 839. The third kappa shape index (κ3) is 12.5. The number of ether oxygens (including phenoxy) is 1. The van der Waals surface area contributed by atoms with Crippen molar-refractivity contribution < 1.29 is 14.1 Å². The standard InChI is InChI=1S/C30H45ClN2O2/c1-3-5-6-7-8-9-10-11-12-13-14-15-23-35-28-18-16-17-27(30(28)31)24-29(34)32-25-26-19-21-33(4-2)22-20-26/h16-22H,3-15,23-25H2,1-2H3/p+1. The van der Waals surface area contributed by atoms with Gasteiger partial charge in [-0.1, -0.05) is 101 Å². The number of hydrogen-bond donors (Lipinski definition) is 1. The summed E-state index contributed by atoms with van der Waals surface area (Å²) in [5.74, 6) is 0.629. The van der Waals surface area contributed by atoms with Gasteiger partial charge in [-0.2, -0.15) is 0 Å². The fourth-order valence-electron chi connectivity index (χ4n) is 4.18. The highest BCUT2D eigenvalue weighted by molar-refractivity contribution is 6.33. The molecule has 1 N–H and O–H groups in total. The van der Waals surface area contributed by atoms with Crippen LogP contribution in [0.2, 0.25) is 5.02 Å². The van der Waals surface area contributed by atoms with E-state index in [9.17, 15) is 4.79 Å². The molecule has 1 heterocycles. The van der Waals surface area contributed by atoms with Crippen molar-refractivity contribution in [2.45, 2.75) is 110 Å². The van der Waals surface area contributed by atoms with Gasteiger partial charge in [0.1, 0.15) is 12.3 Å². The molecule has 1 amide bonds. The van der Waals surface area contributed by atoms with Crippen LogP contribution < -0.4 is 14.6 Å². The topological polar surface area (TPSA) is 42.2 Å². The summed E-state index contributed by atoms with van der Waals surface area (Å²) < 4.78 is 8.03. The van der Waals surface area contributed by atoms with Crippen molar-refractivity contribution in [1.82, 2.24) is 5.32 Å². The van der Waals surface area contributed by atoms with Crippen molar-refractivity contribution >= 4 is 17.5 Å². The Hall–Kier alpha value is -2.07. The number of amides is 1. The van der Waals surface area contributed by atoms with Gasteiger partial charge < -0.3 is 10.1 Å². The molecule has 35 heavy (non-hydrogen) atoms. The van der Waals surface area contributed by atoms with Crippen LogP contribution in [0.25, 0.3) is 0 Å². The minimum atomic E-state index is -0.0442. The molecule has 0 aliphatic rings. The Morgan fingerprint density at radius 3 is 2.06 bits per heavy atom. The molecular weight excluding hydrogens is 456 g/mol. The lowest BCUT2D eigenvalue weighted by Crippen LogP contribution is -2.31. The van der Waals surface area contributed by atoms with Gasteiger partial charge in [-0.05, 0) is 30.5 Å². The van der Waals surface area contributed by atoms with E-state index >= 15 is 0 Å². The maximum absolute atomic E-state index is 12.4. The number of nitrogens with one attached hydrogen (secondary N) is 1. The summed E-state index contributed by atoms with van der Waals surface area (Å²) in [7, 11) is 0. The highest BCUT2D eigenvalue weighted by Crippen LogP contribution is 2.28. The number of hydrogen-bond acceptors (Lipinski definition) is 2. The van der Waals surface area contributed by atoms with Crippen LogP contribution in [0, 0.1) is 0 Å². The molecule has 4 nitrogen and oxygen atoms in total. The average Bonchev–Trinajstić information content (AvgIpc) is 2.88. The maximum Gasteiger partial charge on any atom is 0.224 e. The first-order valence-electron chi connectivity index (χ1n) is 13.8. The molecule has 0 saturated heterocycles. The van der Waals surface area contributed by atoms with E-state index in [4.69, 9.17) is 16.3 Å². The first-order valence-corrected chi connectivity index (χ1v) is 14.2. The van der Waals surface area contributed by atoms with Crippen molar-refractivity contribution in [2.75, 3.05) is 6.61 Å². The van der Waals surface area contributed by atoms with Crippen LogP contribution in [0.5, 0.6) is 5.75 Å². The summed E-state index contributed by atoms with van der Waals surface area (Å²) in [6.07, 6.45) is 20.2. The van der Waals surface area contributed by atoms with Crippen molar-refractivity contribution in [3.8, 4) is 5.75 Å². The molecule has 0 spiro atoms. The Labute approximate surface area is 218 Å². The molecule has 0 bridgehead atoms. The van der Waals surface area contributed by atoms with Crippen LogP contribution in [-0.4, -0.2) is 12.5 Å². The molecule has 2 rings (SSSR count). The van der Waals surface area contributed by atoms with Crippen LogP contribution in [0.1, 0.15) is 102 Å². The minimum Gasteiger partial charge on any atom is -0.492 e. The maximum atomic E-state index is 12.4. The smallest absolute Gasteiger partial charge is 0.224 e. The summed E-state index contributed by atoms with van der Waals surface area (Å²) in [4.78, 5) is 12.4. The van der Waals surface area contributed by atoms with E-state index in [0.717, 1.165) is 24.1 Å². The van der Waals surface area contributed by atoms with E-state index in [1.165, 1.54) is 70.6 Å². The molecule has 0 aliphatic carbocycles. The molecular formula is C30H46ClN2O2+. The van der Waals surface area contributed by atoms with Gasteiger partial charge in [0.15, 0.2) is 12.4 Å². The minimum absolute atomic E-state index is 0.0442. The summed E-state index contributed by atoms with van der Waals surface area (Å²) in [6.45, 7) is 6.48. The molecule has 1 aromatic carbocycles. The number of aromatic nitrogens is 1. The lowest BCUT2D eigenvalue weighted by Gasteiger charge is -2.12. The molecule has 5 heteroatoms. The van der Waals surface area contributed by atoms with Crippen molar-refractivity contribution in [3.63, 3.8) is 0 Å². The Morgan fingerprint density at radius 2 is 1.46 bits per heavy atom. The predicted molar refractivity (Wildman–Crippen MR) is 146 cm³/mol. The van der Waals surface area contributed by atoms with Crippen molar-refractivity contribution in [1.29, 1.82) is 0 Å². The molecule has 0 fully saturated rings. The lowest BCUT2D eigenvalue weighted by molar-refractivity contribution is -0.693. The zero-order valence-corrected chi connectivity index (χ0v) is 22.8. The van der Waals surface area contributed by atoms with Gasteiger partial charge in [0.25, 0.3) is 0 Å². The number of nitrogens with zero attached hydrogens (tertiary/aromatic N) is 1. The molecule has 0 radical (unpaired) electrons. The normalized spacial score (nSPS) is 10.9. The van der Waals surface area contributed by atoms with E-state index in [1.54, 1.807) is 0 Å². The molecule has 0 atom stereocenters. The first-order chi connectivity index (χ1) is 17.1. The molecule has 194 valence electrons. The lowest BCUT2D eigenvalue weighted by atomic mass is 10.1. The summed E-state index contributed by atoms with van der Waals surface area (Å²) in [5.41, 5.74) is 1.88. The fraction of sp³-hybridized carbons (Fsp3) is 0.600. The highest BCUT2D eigenvalue weighted by Gasteiger charge is 2.11. The molecule has 2 aromatic rings. The van der Waals surface area contributed by atoms with E-state index < -0.39 is 0 Å². The number of carbonyl (C=O) groups is 1. The third-order valence-electron chi connectivity index (χ3n) is 6.46. The Balaban J connectivity index is 1.59. The van der Waals surface area contributed by atoms with Gasteiger partial charge in [0.2, 0.25) is 5.91 Å². The second-order valence-electron chi connectivity index (χ2n) is 9.46. The van der Waals surface area contributed by atoms with Gasteiger partial charge in [-0.15, -0.1) is 0 Å². The zero-order chi connectivity index (χ0) is 25.1. The number of carbonyl (C=O) groups excluding carboxylic acids is 1. The van der Waals surface area contributed by atoms with Gasteiger partial charge >= 0.3 is 0 Å². The SMILES string of the molecule is CCCCCCCCCCCCCCOc1cccc(CC(=O)NCc2cc[n+](CC)cc2)c1Cl. The summed E-state index contributed by atoms with van der Waals surface area (Å²) in [6, 6.07) is 9.75. The van der Waals surface area contributed by atoms with Gasteiger partial charge in [-0.25, -0.2) is 4.57 Å². The van der Waals surface area contributed by atoms with Crippen LogP contribution in [0.15, 0.2) is 42.7 Å². The molecule has 0 saturated carbocycles. The fourth-order valence-corrected chi connectivity index (χ4v) is 4.43. The number of rotatable bonds is 19. The van der Waals surface area contributed by atoms with Crippen molar-refractivity contribution in [2.24, 2.45) is 0 Å². The van der Waals surface area contributed by atoms with E-state index in [2.05, 4.69) is 23.7 Å². The third-order valence-corrected chi connectivity index (χ3v) is 6.89. The van der Waals surface area contributed by atoms with Gasteiger partial charge in [0, 0.05) is 18.7 Å². The number of unbranched alkanes of at least 4 members (excludes halogenated alkanes) is 11. The Kier molecular flexibility index (Phi) is 15.2. The second kappa shape index (κ2) is 18.2. The number of pyridine rings is 1. The quantitative estimate of drug-likeness (QED) is 0.159. The van der Waals surface area contributed by atoms with E-state index in [0.29, 0.717) is 23.9 Å². The van der Waals surface area contributed by atoms with Crippen molar-refractivity contribution in [3.05, 3.63) is 58.9 Å². The molecule has 1 aromatic heterocycles.